The molecule has 1 atom stereocenters. The van der Waals surface area contributed by atoms with Crippen LogP contribution in [0.1, 0.15) is 86.2 Å². The van der Waals surface area contributed by atoms with Crippen LogP contribution in [0.5, 0.6) is 0 Å². The van der Waals surface area contributed by atoms with Crippen LogP contribution in [0.15, 0.2) is 48.8 Å². The standard InChI is InChI=1S/C27H30N6O2S/c1-27(2,3)19-11-13-21(14-12-19)33(26(35)23-22(16-28)31-36-32-23)24(18-8-7-15-29-17-18)25(34)30-20-9-5-4-6-10-20/h7-8,11-15,17,20,24H,4-6,9-10H2,1-3H3,(H,30,34). The molecule has 3 aromatic rings. The van der Waals surface area contributed by atoms with Crippen molar-refractivity contribution in [1.29, 1.82) is 5.26 Å². The number of anilines is 1. The van der Waals surface area contributed by atoms with Gasteiger partial charge in [0.2, 0.25) is 5.91 Å². The van der Waals surface area contributed by atoms with Gasteiger partial charge >= 0.3 is 0 Å². The summed E-state index contributed by atoms with van der Waals surface area (Å²) in [6, 6.07) is 12.1. The van der Waals surface area contributed by atoms with Gasteiger partial charge in [0.25, 0.3) is 5.91 Å². The van der Waals surface area contributed by atoms with Gasteiger partial charge in [-0.05, 0) is 42.0 Å². The van der Waals surface area contributed by atoms with Gasteiger partial charge in [0, 0.05) is 29.7 Å². The first-order chi connectivity index (χ1) is 17.3. The van der Waals surface area contributed by atoms with Gasteiger partial charge in [-0.3, -0.25) is 19.5 Å². The van der Waals surface area contributed by atoms with Crippen LogP contribution < -0.4 is 10.2 Å². The van der Waals surface area contributed by atoms with E-state index >= 15 is 0 Å². The van der Waals surface area contributed by atoms with Crippen LogP contribution in [0.2, 0.25) is 0 Å². The number of rotatable bonds is 6. The van der Waals surface area contributed by atoms with Crippen molar-refractivity contribution in [2.24, 2.45) is 0 Å². The Labute approximate surface area is 215 Å². The van der Waals surface area contributed by atoms with Gasteiger partial charge in [-0.15, -0.1) is 0 Å². The highest BCUT2D eigenvalue weighted by atomic mass is 32.1. The summed E-state index contributed by atoms with van der Waals surface area (Å²) in [7, 11) is 0. The molecule has 1 aromatic carbocycles. The molecule has 186 valence electrons. The van der Waals surface area contributed by atoms with E-state index in [1.807, 2.05) is 30.3 Å². The van der Waals surface area contributed by atoms with Crippen molar-refractivity contribution in [3.63, 3.8) is 0 Å². The molecule has 0 spiro atoms. The zero-order valence-corrected chi connectivity index (χ0v) is 21.6. The minimum Gasteiger partial charge on any atom is -0.351 e. The predicted molar refractivity (Wildman–Crippen MR) is 139 cm³/mol. The molecule has 8 nitrogen and oxygen atoms in total. The number of aromatic nitrogens is 3. The van der Waals surface area contributed by atoms with Crippen LogP contribution in [0.3, 0.4) is 0 Å². The summed E-state index contributed by atoms with van der Waals surface area (Å²) in [5, 5.41) is 12.7. The first-order valence-electron chi connectivity index (χ1n) is 12.2. The molecular formula is C27H30N6O2S. The summed E-state index contributed by atoms with van der Waals surface area (Å²) in [5.41, 5.74) is 1.98. The highest BCUT2D eigenvalue weighted by Gasteiger charge is 2.37. The van der Waals surface area contributed by atoms with Gasteiger partial charge in [0.1, 0.15) is 12.1 Å². The first kappa shape index (κ1) is 25.5. The maximum atomic E-state index is 14.0. The van der Waals surface area contributed by atoms with Gasteiger partial charge in [-0.1, -0.05) is 58.2 Å². The molecule has 1 aliphatic carbocycles. The number of hydrogen-bond donors (Lipinski definition) is 1. The van der Waals surface area contributed by atoms with Crippen molar-refractivity contribution in [1.82, 2.24) is 19.0 Å². The van der Waals surface area contributed by atoms with Gasteiger partial charge < -0.3 is 5.32 Å². The molecule has 0 saturated heterocycles. The molecule has 1 saturated carbocycles. The molecule has 1 N–H and O–H groups in total. The van der Waals surface area contributed by atoms with E-state index in [0.717, 1.165) is 49.4 Å². The van der Waals surface area contributed by atoms with Crippen molar-refractivity contribution >= 4 is 29.2 Å². The second kappa shape index (κ2) is 11.0. The lowest BCUT2D eigenvalue weighted by atomic mass is 9.87. The summed E-state index contributed by atoms with van der Waals surface area (Å²) in [4.78, 5) is 33.4. The molecule has 0 bridgehead atoms. The summed E-state index contributed by atoms with van der Waals surface area (Å²) in [6.07, 6.45) is 8.34. The Balaban J connectivity index is 1.82. The summed E-state index contributed by atoms with van der Waals surface area (Å²) in [5.74, 6) is -0.846. The minimum absolute atomic E-state index is 0.0565. The number of nitrogens with zero attached hydrogens (tertiary/aromatic N) is 5. The Bertz CT molecular complexity index is 1240. The molecule has 36 heavy (non-hydrogen) atoms. The van der Waals surface area contributed by atoms with E-state index in [1.54, 1.807) is 24.5 Å². The van der Waals surface area contributed by atoms with Gasteiger partial charge in [0.15, 0.2) is 11.4 Å². The summed E-state index contributed by atoms with van der Waals surface area (Å²) in [6.45, 7) is 6.34. The lowest BCUT2D eigenvalue weighted by molar-refractivity contribution is -0.123. The Morgan fingerprint density at radius 3 is 2.44 bits per heavy atom. The molecule has 1 unspecified atom stereocenters. The minimum atomic E-state index is -0.998. The maximum Gasteiger partial charge on any atom is 0.282 e. The molecule has 1 fully saturated rings. The lowest BCUT2D eigenvalue weighted by Crippen LogP contribution is -2.47. The SMILES string of the molecule is CC(C)(C)c1ccc(N(C(=O)c2nsnc2C#N)C(C(=O)NC2CCCCC2)c2cccnc2)cc1. The van der Waals surface area contributed by atoms with E-state index in [0.29, 0.717) is 11.3 Å². The molecule has 4 rings (SSSR count). The third-order valence-corrected chi connectivity index (χ3v) is 7.01. The fraction of sp³-hybridized carbons (Fsp3) is 0.407. The number of hydrogen-bond acceptors (Lipinski definition) is 7. The van der Waals surface area contributed by atoms with E-state index in [4.69, 9.17) is 0 Å². The van der Waals surface area contributed by atoms with Gasteiger partial charge in [-0.25, -0.2) is 0 Å². The number of carbonyl (C=O) groups excluding carboxylic acids is 2. The second-order valence-electron chi connectivity index (χ2n) is 10.1. The molecule has 9 heteroatoms. The van der Waals surface area contributed by atoms with Crippen LogP contribution in [-0.2, 0) is 10.2 Å². The smallest absolute Gasteiger partial charge is 0.282 e. The van der Waals surface area contributed by atoms with Crippen LogP contribution in [-0.4, -0.2) is 31.6 Å². The number of nitriles is 1. The summed E-state index contributed by atoms with van der Waals surface area (Å²) >= 11 is 0.799. The average molecular weight is 503 g/mol. The van der Waals surface area contributed by atoms with E-state index in [9.17, 15) is 14.9 Å². The van der Waals surface area contributed by atoms with E-state index in [-0.39, 0.29) is 28.8 Å². The van der Waals surface area contributed by atoms with E-state index < -0.39 is 11.9 Å². The van der Waals surface area contributed by atoms with Crippen molar-refractivity contribution in [3.05, 3.63) is 71.3 Å². The van der Waals surface area contributed by atoms with Crippen LogP contribution >= 0.6 is 11.7 Å². The Morgan fingerprint density at radius 1 is 1.11 bits per heavy atom. The fourth-order valence-electron chi connectivity index (χ4n) is 4.50. The molecule has 1 aliphatic rings. The maximum absolute atomic E-state index is 14.0. The Kier molecular flexibility index (Phi) is 7.75. The monoisotopic (exact) mass is 502 g/mol. The largest absolute Gasteiger partial charge is 0.351 e. The molecule has 2 aromatic heterocycles. The first-order valence-corrected chi connectivity index (χ1v) is 12.9. The predicted octanol–water partition coefficient (Wildman–Crippen LogP) is 4.94. The quantitative estimate of drug-likeness (QED) is 0.511. The third kappa shape index (κ3) is 5.60. The number of carbonyl (C=O) groups is 2. The van der Waals surface area contributed by atoms with Crippen LogP contribution in [0.25, 0.3) is 0 Å². The normalized spacial score (nSPS) is 15.1. The average Bonchev–Trinajstić information content (AvgIpc) is 3.36. The fourth-order valence-corrected chi connectivity index (χ4v) is 5.00. The van der Waals surface area contributed by atoms with Crippen molar-refractivity contribution in [3.8, 4) is 6.07 Å². The lowest BCUT2D eigenvalue weighted by Gasteiger charge is -2.33. The zero-order chi connectivity index (χ0) is 25.7. The topological polar surface area (TPSA) is 112 Å². The van der Waals surface area contributed by atoms with Crippen LogP contribution in [0, 0.1) is 11.3 Å². The third-order valence-electron chi connectivity index (χ3n) is 6.49. The molecule has 0 aliphatic heterocycles. The van der Waals surface area contributed by atoms with Gasteiger partial charge in [0.05, 0.1) is 11.7 Å². The van der Waals surface area contributed by atoms with Crippen molar-refractivity contribution in [2.75, 3.05) is 4.90 Å². The van der Waals surface area contributed by atoms with Gasteiger partial charge in [-0.2, -0.15) is 14.0 Å². The number of amides is 2. The molecule has 0 radical (unpaired) electrons. The van der Waals surface area contributed by atoms with Crippen molar-refractivity contribution < 1.29 is 9.59 Å². The Hall–Kier alpha value is -3.64. The number of pyridine rings is 1. The highest BCUT2D eigenvalue weighted by Crippen LogP contribution is 2.32. The molecule has 2 amide bonds. The van der Waals surface area contributed by atoms with Crippen molar-refractivity contribution in [2.45, 2.75) is 70.4 Å². The van der Waals surface area contributed by atoms with Crippen LogP contribution in [0.4, 0.5) is 5.69 Å². The van der Waals surface area contributed by atoms with E-state index in [1.165, 1.54) is 4.90 Å². The Morgan fingerprint density at radius 2 is 1.83 bits per heavy atom. The zero-order valence-electron chi connectivity index (χ0n) is 20.8. The molecular weight excluding hydrogens is 472 g/mol. The number of benzene rings is 1. The van der Waals surface area contributed by atoms with E-state index in [2.05, 4.69) is 39.8 Å². The highest BCUT2D eigenvalue weighted by molar-refractivity contribution is 6.99. The summed E-state index contributed by atoms with van der Waals surface area (Å²) < 4.78 is 8.07. The number of nitrogens with one attached hydrogen (secondary N) is 1. The second-order valence-corrected chi connectivity index (χ2v) is 10.6. The molecule has 2 heterocycles.